The molecule has 0 spiro atoms. The Morgan fingerprint density at radius 3 is 2.50 bits per heavy atom. The summed E-state index contributed by atoms with van der Waals surface area (Å²) < 4.78 is 5.49. The first-order valence-corrected chi connectivity index (χ1v) is 5.86. The molecule has 82 valence electrons. The second-order valence-corrected chi connectivity index (χ2v) is 5.58. The van der Waals surface area contributed by atoms with Crippen LogP contribution >= 0.6 is 0 Å². The third-order valence-electron chi connectivity index (χ3n) is 4.37. The van der Waals surface area contributed by atoms with E-state index in [1.807, 2.05) is 0 Å². The van der Waals surface area contributed by atoms with Crippen LogP contribution in [0.25, 0.3) is 0 Å². The molecule has 1 aliphatic carbocycles. The van der Waals surface area contributed by atoms with Crippen LogP contribution in [-0.4, -0.2) is 23.9 Å². The van der Waals surface area contributed by atoms with Gasteiger partial charge in [-0.1, -0.05) is 13.8 Å². The summed E-state index contributed by atoms with van der Waals surface area (Å²) in [5.74, 6) is 0.369. The predicted octanol–water partition coefficient (Wildman–Crippen LogP) is 2.35. The molecule has 1 saturated heterocycles. The zero-order valence-corrected chi connectivity index (χ0v) is 9.38. The third-order valence-corrected chi connectivity index (χ3v) is 4.37. The average molecular weight is 198 g/mol. The molecule has 2 heteroatoms. The van der Waals surface area contributed by atoms with Crippen LogP contribution in [0, 0.1) is 11.3 Å². The first kappa shape index (κ1) is 10.4. The normalized spacial score (nSPS) is 42.6. The van der Waals surface area contributed by atoms with Crippen molar-refractivity contribution in [2.75, 3.05) is 13.2 Å². The van der Waals surface area contributed by atoms with Crippen LogP contribution in [0.15, 0.2) is 0 Å². The number of ether oxygens (including phenoxy) is 1. The maximum Gasteiger partial charge on any atom is 0.0748 e. The van der Waals surface area contributed by atoms with Gasteiger partial charge in [-0.15, -0.1) is 0 Å². The van der Waals surface area contributed by atoms with Gasteiger partial charge in [0.15, 0.2) is 0 Å². The molecule has 2 unspecified atom stereocenters. The van der Waals surface area contributed by atoms with Crippen molar-refractivity contribution in [3.8, 4) is 0 Å². The predicted molar refractivity (Wildman–Crippen MR) is 56.1 cm³/mol. The Bertz CT molecular complexity index is 206. The highest BCUT2D eigenvalue weighted by Gasteiger charge is 2.52. The molecule has 0 radical (unpaired) electrons. The highest BCUT2D eigenvalue weighted by Crippen LogP contribution is 2.51. The Labute approximate surface area is 86.6 Å². The van der Waals surface area contributed by atoms with Crippen molar-refractivity contribution in [1.82, 2.24) is 0 Å². The van der Waals surface area contributed by atoms with E-state index in [1.165, 1.54) is 6.42 Å². The van der Waals surface area contributed by atoms with E-state index in [4.69, 9.17) is 4.74 Å². The van der Waals surface area contributed by atoms with Crippen molar-refractivity contribution in [2.24, 2.45) is 11.3 Å². The van der Waals surface area contributed by atoms with Crippen LogP contribution in [0.2, 0.25) is 0 Å². The van der Waals surface area contributed by atoms with E-state index in [-0.39, 0.29) is 5.41 Å². The Morgan fingerprint density at radius 2 is 2.00 bits per heavy atom. The van der Waals surface area contributed by atoms with Gasteiger partial charge < -0.3 is 9.84 Å². The summed E-state index contributed by atoms with van der Waals surface area (Å²) in [6.45, 7) is 6.05. The molecular weight excluding hydrogens is 176 g/mol. The number of rotatable bonds is 1. The van der Waals surface area contributed by atoms with Crippen molar-refractivity contribution in [3.63, 3.8) is 0 Å². The molecular formula is C12H22O2. The van der Waals surface area contributed by atoms with Crippen LogP contribution in [0.1, 0.15) is 46.0 Å². The van der Waals surface area contributed by atoms with E-state index in [2.05, 4.69) is 13.8 Å². The van der Waals surface area contributed by atoms with Crippen molar-refractivity contribution >= 4 is 0 Å². The topological polar surface area (TPSA) is 29.5 Å². The minimum absolute atomic E-state index is 0.0817. The molecule has 0 aromatic carbocycles. The molecule has 2 atom stereocenters. The molecule has 0 amide bonds. The van der Waals surface area contributed by atoms with Crippen molar-refractivity contribution in [1.29, 1.82) is 0 Å². The van der Waals surface area contributed by atoms with Gasteiger partial charge in [0.25, 0.3) is 0 Å². The summed E-state index contributed by atoms with van der Waals surface area (Å²) in [6, 6.07) is 0. The Balaban J connectivity index is 2.13. The van der Waals surface area contributed by atoms with Gasteiger partial charge in [0, 0.05) is 12.5 Å². The highest BCUT2D eigenvalue weighted by molar-refractivity contribution is 5.03. The zero-order chi connectivity index (χ0) is 10.2. The lowest BCUT2D eigenvalue weighted by Crippen LogP contribution is -2.49. The largest absolute Gasteiger partial charge is 0.389 e. The molecule has 2 rings (SSSR count). The molecule has 2 aliphatic rings. The van der Waals surface area contributed by atoms with Crippen LogP contribution in [0.5, 0.6) is 0 Å². The Kier molecular flexibility index (Phi) is 2.61. The minimum Gasteiger partial charge on any atom is -0.389 e. The summed E-state index contributed by atoms with van der Waals surface area (Å²) >= 11 is 0. The lowest BCUT2D eigenvalue weighted by atomic mass is 9.68. The van der Waals surface area contributed by atoms with Crippen LogP contribution in [0.3, 0.4) is 0 Å². The van der Waals surface area contributed by atoms with Crippen molar-refractivity contribution < 1.29 is 9.84 Å². The maximum atomic E-state index is 10.8. The van der Waals surface area contributed by atoms with Crippen LogP contribution in [-0.2, 0) is 4.74 Å². The third kappa shape index (κ3) is 1.49. The quantitative estimate of drug-likeness (QED) is 0.701. The molecule has 1 aliphatic heterocycles. The highest BCUT2D eigenvalue weighted by atomic mass is 16.5. The Morgan fingerprint density at radius 1 is 1.21 bits per heavy atom. The Hall–Kier alpha value is -0.0800. The van der Waals surface area contributed by atoms with Gasteiger partial charge in [-0.05, 0) is 37.5 Å². The first-order valence-electron chi connectivity index (χ1n) is 5.86. The van der Waals surface area contributed by atoms with E-state index in [0.29, 0.717) is 5.92 Å². The van der Waals surface area contributed by atoms with Gasteiger partial charge in [0.2, 0.25) is 0 Å². The molecule has 2 fully saturated rings. The monoisotopic (exact) mass is 198 g/mol. The lowest BCUT2D eigenvalue weighted by molar-refractivity contribution is -0.129. The van der Waals surface area contributed by atoms with E-state index in [1.54, 1.807) is 0 Å². The molecule has 2 nitrogen and oxygen atoms in total. The van der Waals surface area contributed by atoms with Gasteiger partial charge in [-0.25, -0.2) is 0 Å². The number of hydrogen-bond acceptors (Lipinski definition) is 2. The fraction of sp³-hybridized carbons (Fsp3) is 1.00. The van der Waals surface area contributed by atoms with Crippen LogP contribution in [0.4, 0.5) is 0 Å². The van der Waals surface area contributed by atoms with Gasteiger partial charge in [-0.2, -0.15) is 0 Å². The fourth-order valence-electron chi connectivity index (χ4n) is 3.23. The van der Waals surface area contributed by atoms with Crippen LogP contribution < -0.4 is 0 Å². The molecule has 0 aromatic rings. The van der Waals surface area contributed by atoms with Gasteiger partial charge >= 0.3 is 0 Å². The molecule has 0 aromatic heterocycles. The van der Waals surface area contributed by atoms with Crippen molar-refractivity contribution in [2.45, 2.75) is 51.6 Å². The maximum absolute atomic E-state index is 10.8. The smallest absolute Gasteiger partial charge is 0.0748 e. The van der Waals surface area contributed by atoms with E-state index in [9.17, 15) is 5.11 Å². The minimum atomic E-state index is -0.465. The summed E-state index contributed by atoms with van der Waals surface area (Å²) in [5, 5.41) is 10.8. The average Bonchev–Trinajstić information content (AvgIpc) is 2.44. The molecule has 1 N–H and O–H groups in total. The fourth-order valence-corrected chi connectivity index (χ4v) is 3.23. The molecule has 1 heterocycles. The van der Waals surface area contributed by atoms with Gasteiger partial charge in [0.1, 0.15) is 0 Å². The molecule has 0 bridgehead atoms. The van der Waals surface area contributed by atoms with E-state index in [0.717, 1.165) is 38.9 Å². The second-order valence-electron chi connectivity index (χ2n) is 5.58. The first-order chi connectivity index (χ1) is 6.56. The zero-order valence-electron chi connectivity index (χ0n) is 9.38. The van der Waals surface area contributed by atoms with E-state index >= 15 is 0 Å². The van der Waals surface area contributed by atoms with Gasteiger partial charge in [0.05, 0.1) is 12.2 Å². The SMILES string of the molecule is CC1(C)CCCC1(O)C1CCCOC1. The number of hydrogen-bond donors (Lipinski definition) is 1. The van der Waals surface area contributed by atoms with E-state index < -0.39 is 5.60 Å². The molecule has 1 saturated carbocycles. The van der Waals surface area contributed by atoms with Crippen molar-refractivity contribution in [3.05, 3.63) is 0 Å². The lowest BCUT2D eigenvalue weighted by Gasteiger charge is -2.44. The molecule has 14 heavy (non-hydrogen) atoms. The summed E-state index contributed by atoms with van der Waals surface area (Å²) in [6.07, 6.45) is 5.54. The standard InChI is InChI=1S/C12H22O2/c1-11(2)6-4-7-12(11,13)10-5-3-8-14-9-10/h10,13H,3-9H2,1-2H3. The second kappa shape index (κ2) is 3.49. The number of aliphatic hydroxyl groups is 1. The van der Waals surface area contributed by atoms with Gasteiger partial charge in [-0.3, -0.25) is 0 Å². The summed E-state index contributed by atoms with van der Waals surface area (Å²) in [5.41, 5.74) is -0.383. The summed E-state index contributed by atoms with van der Waals surface area (Å²) in [7, 11) is 0. The summed E-state index contributed by atoms with van der Waals surface area (Å²) in [4.78, 5) is 0.